The summed E-state index contributed by atoms with van der Waals surface area (Å²) >= 11 is 6.20. The van der Waals surface area contributed by atoms with E-state index in [-0.39, 0.29) is 18.0 Å². The molecule has 0 aliphatic carbocycles. The van der Waals surface area contributed by atoms with Crippen LogP contribution in [-0.4, -0.2) is 50.2 Å². The number of nitrogens with one attached hydrogen (secondary N) is 1. The Kier molecular flexibility index (Phi) is 4.21. The van der Waals surface area contributed by atoms with Gasteiger partial charge in [-0.15, -0.1) is 0 Å². The van der Waals surface area contributed by atoms with E-state index in [9.17, 15) is 9.59 Å². The summed E-state index contributed by atoms with van der Waals surface area (Å²) in [6.45, 7) is 1.81. The van der Waals surface area contributed by atoms with Crippen LogP contribution in [0.1, 0.15) is 5.82 Å². The minimum Gasteiger partial charge on any atom is -0.327 e. The minimum atomic E-state index is -0.317. The lowest BCUT2D eigenvalue weighted by Gasteiger charge is -2.34. The molecule has 0 saturated carbocycles. The number of fused-ring (bicyclic) bond motifs is 1. The zero-order valence-corrected chi connectivity index (χ0v) is 14.9. The molecular formula is C17H17ClN6O2. The fourth-order valence-electron chi connectivity index (χ4n) is 3.16. The van der Waals surface area contributed by atoms with Gasteiger partial charge in [0.05, 0.1) is 30.0 Å². The van der Waals surface area contributed by atoms with Gasteiger partial charge in [-0.2, -0.15) is 10.1 Å². The number of benzene rings is 1. The lowest BCUT2D eigenvalue weighted by molar-refractivity contribution is -0.121. The summed E-state index contributed by atoms with van der Waals surface area (Å²) in [4.78, 5) is 35.5. The number of carbonyl (C=O) groups is 1. The second-order valence-corrected chi connectivity index (χ2v) is 6.63. The fraction of sp³-hybridized carbons (Fsp3) is 0.294. The summed E-state index contributed by atoms with van der Waals surface area (Å²) in [7, 11) is 1.76. The zero-order valence-electron chi connectivity index (χ0n) is 14.1. The number of halogens is 1. The smallest absolute Gasteiger partial charge is 0.284 e. The van der Waals surface area contributed by atoms with Gasteiger partial charge >= 0.3 is 0 Å². The van der Waals surface area contributed by atoms with E-state index in [4.69, 9.17) is 11.6 Å². The first-order chi connectivity index (χ1) is 12.5. The van der Waals surface area contributed by atoms with Gasteiger partial charge in [-0.3, -0.25) is 19.2 Å². The van der Waals surface area contributed by atoms with Gasteiger partial charge in [-0.25, -0.2) is 0 Å². The second-order valence-electron chi connectivity index (χ2n) is 6.23. The molecule has 1 aliphatic rings. The first kappa shape index (κ1) is 16.7. The number of aromatic nitrogens is 4. The normalized spacial score (nSPS) is 15.8. The molecule has 3 heterocycles. The molecule has 0 spiro atoms. The summed E-state index contributed by atoms with van der Waals surface area (Å²) in [5.41, 5.74) is 1.03. The molecule has 1 N–H and O–H groups in total. The Hall–Kier alpha value is -2.71. The number of H-pyrrole nitrogens is 1. The molecule has 1 aliphatic heterocycles. The molecule has 0 radical (unpaired) electrons. The van der Waals surface area contributed by atoms with Crippen molar-refractivity contribution in [3.05, 3.63) is 51.7 Å². The quantitative estimate of drug-likeness (QED) is 0.745. The molecule has 4 rings (SSSR count). The number of rotatable bonds is 3. The number of piperazine rings is 1. The van der Waals surface area contributed by atoms with Crippen molar-refractivity contribution in [1.82, 2.24) is 24.6 Å². The van der Waals surface area contributed by atoms with Gasteiger partial charge in [0.25, 0.3) is 5.56 Å². The molecule has 1 aromatic carbocycles. The van der Waals surface area contributed by atoms with Crippen molar-refractivity contribution in [3.8, 4) is 0 Å². The number of nitrogens with zero attached hydrogens (tertiary/aromatic N) is 5. The summed E-state index contributed by atoms with van der Waals surface area (Å²) in [5, 5.41) is 5.08. The monoisotopic (exact) mass is 372 g/mol. The molecule has 1 saturated heterocycles. The predicted molar refractivity (Wildman–Crippen MR) is 98.2 cm³/mol. The van der Waals surface area contributed by atoms with Crippen molar-refractivity contribution in [1.29, 1.82) is 0 Å². The Morgan fingerprint density at radius 1 is 1.23 bits per heavy atom. The van der Waals surface area contributed by atoms with Crippen molar-refractivity contribution in [2.24, 2.45) is 7.05 Å². The third-order valence-electron chi connectivity index (χ3n) is 4.48. The lowest BCUT2D eigenvalue weighted by atomic mass is 10.2. The highest BCUT2D eigenvalue weighted by molar-refractivity contribution is 6.33. The van der Waals surface area contributed by atoms with Crippen LogP contribution < -0.4 is 10.5 Å². The van der Waals surface area contributed by atoms with Crippen LogP contribution in [0.4, 0.5) is 5.69 Å². The van der Waals surface area contributed by atoms with E-state index >= 15 is 0 Å². The first-order valence-corrected chi connectivity index (χ1v) is 8.59. The summed E-state index contributed by atoms with van der Waals surface area (Å²) in [6, 6.07) is 7.31. The van der Waals surface area contributed by atoms with Crippen molar-refractivity contribution in [2.45, 2.75) is 6.54 Å². The Morgan fingerprint density at radius 2 is 2.04 bits per heavy atom. The zero-order chi connectivity index (χ0) is 18.3. The Morgan fingerprint density at radius 3 is 2.81 bits per heavy atom. The standard InChI is InChI=1S/C17H17ClN6O2/c1-22-16-11(8-19-22)17(26)21-14(20-16)9-23-6-7-24(15(25)10-23)13-5-3-2-4-12(13)18/h2-5,8H,6-7,9-10H2,1H3,(H,20,21,26). The lowest BCUT2D eigenvalue weighted by Crippen LogP contribution is -2.50. The molecule has 0 bridgehead atoms. The Bertz CT molecular complexity index is 1040. The van der Waals surface area contributed by atoms with Crippen molar-refractivity contribution < 1.29 is 4.79 Å². The van der Waals surface area contributed by atoms with Gasteiger partial charge < -0.3 is 9.88 Å². The van der Waals surface area contributed by atoms with Gasteiger partial charge in [-0.1, -0.05) is 23.7 Å². The molecule has 1 amide bonds. The van der Waals surface area contributed by atoms with E-state index in [0.717, 1.165) is 5.69 Å². The summed E-state index contributed by atoms with van der Waals surface area (Å²) in [5.74, 6) is 0.485. The summed E-state index contributed by atoms with van der Waals surface area (Å²) in [6.07, 6.45) is 1.50. The second kappa shape index (κ2) is 6.54. The number of aryl methyl sites for hydroxylation is 1. The SMILES string of the molecule is Cn1ncc2c(=O)nc(CN3CCN(c4ccccc4Cl)C(=O)C3)[nH]c21. The molecule has 26 heavy (non-hydrogen) atoms. The molecule has 8 nitrogen and oxygen atoms in total. The summed E-state index contributed by atoms with van der Waals surface area (Å²) < 4.78 is 1.60. The molecular weight excluding hydrogens is 356 g/mol. The van der Waals surface area contributed by atoms with Crippen LogP contribution in [0, 0.1) is 0 Å². The minimum absolute atomic E-state index is 0.0340. The van der Waals surface area contributed by atoms with Crippen molar-refractivity contribution in [3.63, 3.8) is 0 Å². The van der Waals surface area contributed by atoms with Crippen LogP contribution >= 0.6 is 11.6 Å². The van der Waals surface area contributed by atoms with Gasteiger partial charge in [0.15, 0.2) is 0 Å². The van der Waals surface area contributed by atoms with Crippen LogP contribution in [-0.2, 0) is 18.4 Å². The highest BCUT2D eigenvalue weighted by atomic mass is 35.5. The van der Waals surface area contributed by atoms with E-state index in [1.807, 2.05) is 23.1 Å². The van der Waals surface area contributed by atoms with Crippen molar-refractivity contribution in [2.75, 3.05) is 24.5 Å². The fourth-order valence-corrected chi connectivity index (χ4v) is 3.40. The van der Waals surface area contributed by atoms with Crippen LogP contribution in [0.2, 0.25) is 5.02 Å². The number of anilines is 1. The van der Waals surface area contributed by atoms with E-state index in [1.165, 1.54) is 6.20 Å². The largest absolute Gasteiger partial charge is 0.327 e. The Balaban J connectivity index is 1.51. The molecule has 134 valence electrons. The highest BCUT2D eigenvalue weighted by Crippen LogP contribution is 2.26. The van der Waals surface area contributed by atoms with Gasteiger partial charge in [0.2, 0.25) is 5.91 Å². The topological polar surface area (TPSA) is 87.1 Å². The molecule has 2 aromatic heterocycles. The van der Waals surface area contributed by atoms with Gasteiger partial charge in [-0.05, 0) is 12.1 Å². The highest BCUT2D eigenvalue weighted by Gasteiger charge is 2.26. The van der Waals surface area contributed by atoms with E-state index < -0.39 is 0 Å². The van der Waals surface area contributed by atoms with E-state index in [0.29, 0.717) is 41.5 Å². The molecule has 0 atom stereocenters. The maximum atomic E-state index is 12.6. The van der Waals surface area contributed by atoms with Crippen LogP contribution in [0.5, 0.6) is 0 Å². The van der Waals surface area contributed by atoms with E-state index in [2.05, 4.69) is 15.1 Å². The Labute approximate surface area is 154 Å². The van der Waals surface area contributed by atoms with E-state index in [1.54, 1.807) is 22.7 Å². The third kappa shape index (κ3) is 2.97. The molecule has 9 heteroatoms. The van der Waals surface area contributed by atoms with Crippen LogP contribution in [0.25, 0.3) is 11.0 Å². The first-order valence-electron chi connectivity index (χ1n) is 8.21. The average Bonchev–Trinajstić information content (AvgIpc) is 2.98. The predicted octanol–water partition coefficient (Wildman–Crippen LogP) is 1.16. The number of amides is 1. The van der Waals surface area contributed by atoms with Crippen LogP contribution in [0.15, 0.2) is 35.3 Å². The van der Waals surface area contributed by atoms with Gasteiger partial charge in [0.1, 0.15) is 16.9 Å². The molecule has 0 unspecified atom stereocenters. The van der Waals surface area contributed by atoms with Crippen molar-refractivity contribution >= 4 is 34.2 Å². The molecule has 1 fully saturated rings. The number of hydrogen-bond acceptors (Lipinski definition) is 5. The molecule has 3 aromatic rings. The average molecular weight is 373 g/mol. The van der Waals surface area contributed by atoms with Crippen LogP contribution in [0.3, 0.4) is 0 Å². The number of para-hydroxylation sites is 1. The maximum absolute atomic E-state index is 12.6. The number of hydrogen-bond donors (Lipinski definition) is 1. The third-order valence-corrected chi connectivity index (χ3v) is 4.80. The van der Waals surface area contributed by atoms with Gasteiger partial charge in [0, 0.05) is 20.1 Å². The number of aromatic amines is 1. The maximum Gasteiger partial charge on any atom is 0.284 e. The number of carbonyl (C=O) groups excluding carboxylic acids is 1.